The molecule has 2 rings (SSSR count). The van der Waals surface area contributed by atoms with Crippen LogP contribution in [0.25, 0.3) is 0 Å². The molecule has 0 amide bonds. The first kappa shape index (κ1) is 26.9. The van der Waals surface area contributed by atoms with Gasteiger partial charge < -0.3 is 4.79 Å². The lowest BCUT2D eigenvalue weighted by Crippen LogP contribution is -2.11. The summed E-state index contributed by atoms with van der Waals surface area (Å²) in [5.74, 6) is 0.634. The van der Waals surface area contributed by atoms with E-state index in [1.807, 2.05) is 20.6 Å². The summed E-state index contributed by atoms with van der Waals surface area (Å²) in [6, 6.07) is 9.01. The molecule has 0 heterocycles. The Morgan fingerprint density at radius 1 is 1.00 bits per heavy atom. The number of hydrogen-bond acceptors (Lipinski definition) is 1. The summed E-state index contributed by atoms with van der Waals surface area (Å²) in [6.07, 6.45) is 14.9. The van der Waals surface area contributed by atoms with E-state index < -0.39 is 0 Å². The number of allylic oxidation sites excluding steroid dienone is 1. The molecule has 1 aromatic rings. The highest BCUT2D eigenvalue weighted by Crippen LogP contribution is 2.37. The molecule has 26 heavy (non-hydrogen) atoms. The first-order valence-corrected chi connectivity index (χ1v) is 10.4. The van der Waals surface area contributed by atoms with Crippen molar-refractivity contribution in [2.45, 2.75) is 105 Å². The molecule has 1 aliphatic rings. The fourth-order valence-electron chi connectivity index (χ4n) is 3.66. The average molecular weight is 361 g/mol. The number of carbonyl (C=O) groups excluding carboxylic acids is 1. The highest BCUT2D eigenvalue weighted by atomic mass is 16.1. The highest BCUT2D eigenvalue weighted by molar-refractivity contribution is 5.37. The van der Waals surface area contributed by atoms with Crippen molar-refractivity contribution < 1.29 is 4.79 Å². The Labute approximate surface area is 164 Å². The van der Waals surface area contributed by atoms with Crippen LogP contribution in [0.2, 0.25) is 0 Å². The van der Waals surface area contributed by atoms with Crippen LogP contribution in [0.5, 0.6) is 0 Å². The minimum atomic E-state index is 0. The van der Waals surface area contributed by atoms with Crippen molar-refractivity contribution in [2.24, 2.45) is 0 Å². The minimum absolute atomic E-state index is 0. The first-order chi connectivity index (χ1) is 12.3. The van der Waals surface area contributed by atoms with Gasteiger partial charge in [0.1, 0.15) is 6.79 Å². The van der Waals surface area contributed by atoms with Gasteiger partial charge in [0.05, 0.1) is 0 Å². The van der Waals surface area contributed by atoms with Crippen molar-refractivity contribution in [3.8, 4) is 0 Å². The number of benzene rings is 1. The van der Waals surface area contributed by atoms with Gasteiger partial charge in [0, 0.05) is 5.92 Å². The van der Waals surface area contributed by atoms with Gasteiger partial charge in [-0.3, -0.25) is 0 Å². The summed E-state index contributed by atoms with van der Waals surface area (Å²) in [6.45, 7) is 12.7. The van der Waals surface area contributed by atoms with E-state index in [-0.39, 0.29) is 7.43 Å². The highest BCUT2D eigenvalue weighted by Gasteiger charge is 2.21. The third kappa shape index (κ3) is 9.94. The second kappa shape index (κ2) is 18.4. The maximum absolute atomic E-state index is 8.00. The molecular formula is C25H44O. The SMILES string of the molecule is C.C=C(CCCCCCCCC)C1CCCc2ccccc21.C=O.CC. The zero-order valence-electron chi connectivity index (χ0n) is 17.0. The van der Waals surface area contributed by atoms with Crippen molar-refractivity contribution in [3.05, 3.63) is 47.5 Å². The number of rotatable bonds is 9. The average Bonchev–Trinajstić information content (AvgIpc) is 2.69. The number of aryl methyl sites for hydroxylation is 1. The van der Waals surface area contributed by atoms with E-state index in [0.717, 1.165) is 0 Å². The summed E-state index contributed by atoms with van der Waals surface area (Å²) in [5.41, 5.74) is 4.61. The Hall–Kier alpha value is -1.37. The number of hydrogen-bond donors (Lipinski definition) is 0. The monoisotopic (exact) mass is 360 g/mol. The number of fused-ring (bicyclic) bond motifs is 1. The van der Waals surface area contributed by atoms with E-state index in [2.05, 4.69) is 37.8 Å². The van der Waals surface area contributed by atoms with Crippen molar-refractivity contribution in [1.29, 1.82) is 0 Å². The maximum Gasteiger partial charge on any atom is 0.106 e. The summed E-state index contributed by atoms with van der Waals surface area (Å²) in [7, 11) is 0. The zero-order chi connectivity index (χ0) is 18.9. The Balaban J connectivity index is 0. The number of unbranched alkanes of at least 4 members (excludes halogenated alkanes) is 6. The summed E-state index contributed by atoms with van der Waals surface area (Å²) >= 11 is 0. The Morgan fingerprint density at radius 3 is 2.23 bits per heavy atom. The van der Waals surface area contributed by atoms with Crippen molar-refractivity contribution in [2.75, 3.05) is 0 Å². The van der Waals surface area contributed by atoms with E-state index in [9.17, 15) is 0 Å². The summed E-state index contributed by atoms with van der Waals surface area (Å²) < 4.78 is 0. The first-order valence-electron chi connectivity index (χ1n) is 10.4. The maximum atomic E-state index is 8.00. The van der Waals surface area contributed by atoms with Crippen LogP contribution in [0.15, 0.2) is 36.4 Å². The van der Waals surface area contributed by atoms with Crippen molar-refractivity contribution in [1.82, 2.24) is 0 Å². The Kier molecular flexibility index (Phi) is 19.0. The van der Waals surface area contributed by atoms with Gasteiger partial charge >= 0.3 is 0 Å². The third-order valence-electron chi connectivity index (χ3n) is 4.96. The van der Waals surface area contributed by atoms with Gasteiger partial charge in [0.2, 0.25) is 0 Å². The molecule has 0 radical (unpaired) electrons. The second-order valence-corrected chi connectivity index (χ2v) is 6.67. The van der Waals surface area contributed by atoms with Crippen LogP contribution >= 0.6 is 0 Å². The van der Waals surface area contributed by atoms with E-state index in [1.165, 1.54) is 76.2 Å². The molecule has 0 fully saturated rings. The van der Waals surface area contributed by atoms with E-state index in [0.29, 0.717) is 5.92 Å². The topological polar surface area (TPSA) is 17.1 Å². The normalized spacial score (nSPS) is 14.5. The molecule has 0 saturated carbocycles. The van der Waals surface area contributed by atoms with Crippen LogP contribution in [0.3, 0.4) is 0 Å². The van der Waals surface area contributed by atoms with Gasteiger partial charge in [0.25, 0.3) is 0 Å². The van der Waals surface area contributed by atoms with E-state index in [1.54, 1.807) is 11.1 Å². The van der Waals surface area contributed by atoms with Crippen molar-refractivity contribution in [3.63, 3.8) is 0 Å². The van der Waals surface area contributed by atoms with Gasteiger partial charge in [-0.25, -0.2) is 0 Å². The molecule has 0 aliphatic heterocycles. The molecule has 1 unspecified atom stereocenters. The molecule has 1 aromatic carbocycles. The molecule has 0 saturated heterocycles. The Morgan fingerprint density at radius 2 is 1.58 bits per heavy atom. The van der Waals surface area contributed by atoms with E-state index in [4.69, 9.17) is 4.79 Å². The lowest BCUT2D eigenvalue weighted by atomic mass is 9.78. The van der Waals surface area contributed by atoms with Gasteiger partial charge in [-0.05, 0) is 43.2 Å². The molecule has 0 bridgehead atoms. The minimum Gasteiger partial charge on any atom is -0.307 e. The van der Waals surface area contributed by atoms with Crippen LogP contribution in [-0.2, 0) is 11.2 Å². The van der Waals surface area contributed by atoms with Gasteiger partial charge in [-0.2, -0.15) is 0 Å². The molecular weight excluding hydrogens is 316 g/mol. The van der Waals surface area contributed by atoms with Crippen LogP contribution in [0.1, 0.15) is 109 Å². The van der Waals surface area contributed by atoms with E-state index >= 15 is 0 Å². The smallest absolute Gasteiger partial charge is 0.106 e. The zero-order valence-corrected chi connectivity index (χ0v) is 17.0. The van der Waals surface area contributed by atoms with Gasteiger partial charge in [0.15, 0.2) is 0 Å². The van der Waals surface area contributed by atoms with Crippen molar-refractivity contribution >= 4 is 6.79 Å². The predicted molar refractivity (Wildman–Crippen MR) is 119 cm³/mol. The Bertz CT molecular complexity index is 449. The number of carbonyl (C=O) groups is 1. The molecule has 1 heteroatoms. The summed E-state index contributed by atoms with van der Waals surface area (Å²) in [5, 5.41) is 0. The quantitative estimate of drug-likeness (QED) is 0.320. The second-order valence-electron chi connectivity index (χ2n) is 6.67. The van der Waals surface area contributed by atoms with Crippen LogP contribution < -0.4 is 0 Å². The molecule has 150 valence electrons. The largest absolute Gasteiger partial charge is 0.307 e. The molecule has 1 nitrogen and oxygen atoms in total. The fraction of sp³-hybridized carbons (Fsp3) is 0.640. The summed E-state index contributed by atoms with van der Waals surface area (Å²) in [4.78, 5) is 8.00. The molecule has 1 aliphatic carbocycles. The van der Waals surface area contributed by atoms with Crippen LogP contribution in [0, 0.1) is 0 Å². The van der Waals surface area contributed by atoms with Gasteiger partial charge in [-0.15, -0.1) is 0 Å². The molecule has 0 spiro atoms. The molecule has 0 aromatic heterocycles. The lowest BCUT2D eigenvalue weighted by Gasteiger charge is -2.27. The predicted octanol–water partition coefficient (Wildman–Crippen LogP) is 8.28. The lowest BCUT2D eigenvalue weighted by molar-refractivity contribution is -0.0979. The van der Waals surface area contributed by atoms with Crippen LogP contribution in [-0.4, -0.2) is 6.79 Å². The fourth-order valence-corrected chi connectivity index (χ4v) is 3.66. The van der Waals surface area contributed by atoms with Gasteiger partial charge in [-0.1, -0.05) is 103 Å². The molecule has 1 atom stereocenters. The molecule has 0 N–H and O–H groups in total. The standard InChI is InChI=1S/C21H32.C2H6.CH2O.CH4/c1-3-4-5-6-7-8-9-13-18(2)20-17-12-15-19-14-10-11-16-21(19)20;2*1-2;/h10-11,14,16,20H,2-9,12-13,15,17H2,1H3;1-2H3;1H2;1H4. The third-order valence-corrected chi connectivity index (χ3v) is 4.96. The van der Waals surface area contributed by atoms with Crippen LogP contribution in [0.4, 0.5) is 0 Å².